The van der Waals surface area contributed by atoms with E-state index in [-0.39, 0.29) is 11.7 Å². The van der Waals surface area contributed by atoms with Gasteiger partial charge in [-0.2, -0.15) is 5.10 Å². The maximum atomic E-state index is 13.1. The smallest absolute Gasteiger partial charge is 0.273 e. The number of nitrogens with one attached hydrogen (secondary N) is 1. The van der Waals surface area contributed by atoms with Crippen LogP contribution in [-0.4, -0.2) is 16.7 Å². The van der Waals surface area contributed by atoms with E-state index in [2.05, 4.69) is 10.5 Å². The monoisotopic (exact) mass is 335 g/mol. The van der Waals surface area contributed by atoms with E-state index in [1.807, 2.05) is 54.8 Å². The number of hydrogen-bond donors (Lipinski definition) is 1. The van der Waals surface area contributed by atoms with Gasteiger partial charge in [0.05, 0.1) is 11.8 Å². The number of aryl methyl sites for hydroxylation is 1. The maximum Gasteiger partial charge on any atom is 0.273 e. The van der Waals surface area contributed by atoms with Crippen molar-refractivity contribution in [3.8, 4) is 5.69 Å². The highest BCUT2D eigenvalue weighted by Gasteiger charge is 2.16. The average Bonchev–Trinajstić information content (AvgIpc) is 2.90. The van der Waals surface area contributed by atoms with Gasteiger partial charge in [-0.25, -0.2) is 9.82 Å². The molecule has 5 heteroatoms. The van der Waals surface area contributed by atoms with E-state index in [0.717, 1.165) is 17.1 Å². The molecule has 0 atom stereocenters. The Hall–Kier alpha value is -3.21. The highest BCUT2D eigenvalue weighted by atomic mass is 19.1. The first-order valence-corrected chi connectivity index (χ1v) is 7.89. The summed E-state index contributed by atoms with van der Waals surface area (Å²) in [6.07, 6.45) is 1.41. The SMILES string of the molecule is Cc1cc(C(=O)N/N=C\c2cccc(F)c2)c(C)n1-c1ccccc1. The lowest BCUT2D eigenvalue weighted by atomic mass is 10.2. The summed E-state index contributed by atoms with van der Waals surface area (Å²) in [5.41, 5.74) is 6.42. The number of hydrazone groups is 1. The molecular formula is C20H18FN3O. The Kier molecular flexibility index (Phi) is 4.75. The van der Waals surface area contributed by atoms with Gasteiger partial charge in [-0.15, -0.1) is 0 Å². The Morgan fingerprint density at radius 1 is 1.08 bits per heavy atom. The van der Waals surface area contributed by atoms with E-state index >= 15 is 0 Å². The fourth-order valence-corrected chi connectivity index (χ4v) is 2.78. The number of rotatable bonds is 4. The van der Waals surface area contributed by atoms with Crippen molar-refractivity contribution < 1.29 is 9.18 Å². The Labute approximate surface area is 145 Å². The van der Waals surface area contributed by atoms with Gasteiger partial charge in [0.2, 0.25) is 0 Å². The van der Waals surface area contributed by atoms with Crippen molar-refractivity contribution in [1.29, 1.82) is 0 Å². The summed E-state index contributed by atoms with van der Waals surface area (Å²) in [5.74, 6) is -0.649. The minimum Gasteiger partial charge on any atom is -0.318 e. The molecule has 1 amide bonds. The van der Waals surface area contributed by atoms with E-state index in [1.165, 1.54) is 18.3 Å². The van der Waals surface area contributed by atoms with Crippen LogP contribution in [0.4, 0.5) is 4.39 Å². The van der Waals surface area contributed by atoms with Crippen LogP contribution in [0, 0.1) is 19.7 Å². The van der Waals surface area contributed by atoms with Gasteiger partial charge < -0.3 is 4.57 Å². The Bertz CT molecular complexity index is 929. The summed E-state index contributed by atoms with van der Waals surface area (Å²) < 4.78 is 15.1. The Morgan fingerprint density at radius 3 is 2.56 bits per heavy atom. The average molecular weight is 335 g/mol. The summed E-state index contributed by atoms with van der Waals surface area (Å²) in [7, 11) is 0. The second-order valence-electron chi connectivity index (χ2n) is 5.71. The summed E-state index contributed by atoms with van der Waals surface area (Å²) in [6.45, 7) is 3.85. The lowest BCUT2D eigenvalue weighted by Gasteiger charge is -2.09. The third kappa shape index (κ3) is 3.66. The molecule has 2 aromatic carbocycles. The molecule has 1 heterocycles. The predicted molar refractivity (Wildman–Crippen MR) is 96.7 cm³/mol. The van der Waals surface area contributed by atoms with Crippen LogP contribution < -0.4 is 5.43 Å². The van der Waals surface area contributed by atoms with Crippen LogP contribution in [0.1, 0.15) is 27.3 Å². The molecule has 0 aliphatic heterocycles. The molecule has 1 aromatic heterocycles. The minimum atomic E-state index is -0.346. The molecule has 3 aromatic rings. The third-order valence-electron chi connectivity index (χ3n) is 3.92. The molecule has 0 saturated heterocycles. The molecule has 0 bridgehead atoms. The van der Waals surface area contributed by atoms with Crippen molar-refractivity contribution in [3.05, 3.63) is 89.0 Å². The Balaban J connectivity index is 1.79. The molecule has 25 heavy (non-hydrogen) atoms. The quantitative estimate of drug-likeness (QED) is 0.568. The highest BCUT2D eigenvalue weighted by Crippen LogP contribution is 2.20. The predicted octanol–water partition coefficient (Wildman–Crippen LogP) is 4.00. The van der Waals surface area contributed by atoms with Crippen LogP contribution in [0.3, 0.4) is 0 Å². The zero-order chi connectivity index (χ0) is 17.8. The van der Waals surface area contributed by atoms with Crippen molar-refractivity contribution >= 4 is 12.1 Å². The van der Waals surface area contributed by atoms with E-state index < -0.39 is 0 Å². The second-order valence-corrected chi connectivity index (χ2v) is 5.71. The lowest BCUT2D eigenvalue weighted by Crippen LogP contribution is -2.18. The molecule has 0 saturated carbocycles. The van der Waals surface area contributed by atoms with Crippen molar-refractivity contribution in [3.63, 3.8) is 0 Å². The summed E-state index contributed by atoms with van der Waals surface area (Å²) in [4.78, 5) is 12.4. The number of nitrogens with zero attached hydrogens (tertiary/aromatic N) is 2. The van der Waals surface area contributed by atoms with Gasteiger partial charge in [-0.1, -0.05) is 30.3 Å². The molecule has 4 nitrogen and oxygen atoms in total. The first kappa shape index (κ1) is 16.6. The fourth-order valence-electron chi connectivity index (χ4n) is 2.78. The van der Waals surface area contributed by atoms with Gasteiger partial charge >= 0.3 is 0 Å². The van der Waals surface area contributed by atoms with E-state index in [4.69, 9.17) is 0 Å². The second kappa shape index (κ2) is 7.13. The maximum absolute atomic E-state index is 13.1. The number of benzene rings is 2. The lowest BCUT2D eigenvalue weighted by molar-refractivity contribution is 0.0954. The molecule has 0 unspecified atom stereocenters. The number of aromatic nitrogens is 1. The van der Waals surface area contributed by atoms with Gasteiger partial charge in [0, 0.05) is 17.1 Å². The van der Waals surface area contributed by atoms with Crippen molar-refractivity contribution in [1.82, 2.24) is 9.99 Å². The minimum absolute atomic E-state index is 0.303. The van der Waals surface area contributed by atoms with Crippen molar-refractivity contribution in [2.45, 2.75) is 13.8 Å². The number of para-hydroxylation sites is 1. The zero-order valence-electron chi connectivity index (χ0n) is 14.0. The van der Waals surface area contributed by atoms with Gasteiger partial charge in [-0.3, -0.25) is 4.79 Å². The van der Waals surface area contributed by atoms with Crippen LogP contribution in [0.15, 0.2) is 65.8 Å². The van der Waals surface area contributed by atoms with Crippen molar-refractivity contribution in [2.24, 2.45) is 5.10 Å². The number of amides is 1. The van der Waals surface area contributed by atoms with Crippen LogP contribution in [0.2, 0.25) is 0 Å². The standard InChI is InChI=1S/C20H18FN3O/c1-14-11-19(15(2)24(14)18-9-4-3-5-10-18)20(25)23-22-13-16-7-6-8-17(21)12-16/h3-13H,1-2H3,(H,23,25)/b22-13-. The first-order chi connectivity index (χ1) is 12.1. The highest BCUT2D eigenvalue weighted by molar-refractivity contribution is 5.96. The first-order valence-electron chi connectivity index (χ1n) is 7.89. The molecule has 0 aliphatic rings. The molecule has 3 rings (SSSR count). The topological polar surface area (TPSA) is 46.4 Å². The fraction of sp³-hybridized carbons (Fsp3) is 0.100. The van der Waals surface area contributed by atoms with Crippen LogP contribution in [0.25, 0.3) is 5.69 Å². The molecule has 0 spiro atoms. The van der Waals surface area contributed by atoms with Crippen LogP contribution in [-0.2, 0) is 0 Å². The molecular weight excluding hydrogens is 317 g/mol. The third-order valence-corrected chi connectivity index (χ3v) is 3.92. The molecule has 0 fully saturated rings. The zero-order valence-corrected chi connectivity index (χ0v) is 14.0. The van der Waals surface area contributed by atoms with Crippen LogP contribution >= 0.6 is 0 Å². The van der Waals surface area contributed by atoms with E-state index in [0.29, 0.717) is 11.1 Å². The molecule has 1 N–H and O–H groups in total. The van der Waals surface area contributed by atoms with Crippen LogP contribution in [0.5, 0.6) is 0 Å². The van der Waals surface area contributed by atoms with E-state index in [1.54, 1.807) is 12.1 Å². The van der Waals surface area contributed by atoms with Gasteiger partial charge in [0.1, 0.15) is 5.82 Å². The van der Waals surface area contributed by atoms with Gasteiger partial charge in [0.25, 0.3) is 5.91 Å². The normalized spacial score (nSPS) is 11.0. The number of carbonyl (C=O) groups excluding carboxylic acids is 1. The summed E-state index contributed by atoms with van der Waals surface area (Å²) >= 11 is 0. The van der Waals surface area contributed by atoms with Gasteiger partial charge in [-0.05, 0) is 49.7 Å². The number of halogens is 1. The largest absolute Gasteiger partial charge is 0.318 e. The molecule has 0 radical (unpaired) electrons. The summed E-state index contributed by atoms with van der Waals surface area (Å²) in [5, 5.41) is 3.91. The number of carbonyl (C=O) groups is 1. The van der Waals surface area contributed by atoms with Crippen molar-refractivity contribution in [2.75, 3.05) is 0 Å². The number of hydrogen-bond acceptors (Lipinski definition) is 2. The van der Waals surface area contributed by atoms with Gasteiger partial charge in [0.15, 0.2) is 0 Å². The van der Waals surface area contributed by atoms with E-state index in [9.17, 15) is 9.18 Å². The Morgan fingerprint density at radius 2 is 1.84 bits per heavy atom. The molecule has 126 valence electrons. The molecule has 0 aliphatic carbocycles. The summed E-state index contributed by atoms with van der Waals surface area (Å²) in [6, 6.07) is 17.7.